The van der Waals surface area contributed by atoms with Gasteiger partial charge >= 0.3 is 0 Å². The Bertz CT molecular complexity index is 2810. The van der Waals surface area contributed by atoms with Crippen LogP contribution >= 0.6 is 11.6 Å². The van der Waals surface area contributed by atoms with E-state index < -0.39 is 41.5 Å². The number of thiol groups is 1. The molecule has 2 aliphatic heterocycles. The Balaban J connectivity index is 0.992. The minimum atomic E-state index is -4.60. The number of halogens is 1. The van der Waals surface area contributed by atoms with E-state index in [0.717, 1.165) is 73.9 Å². The lowest BCUT2D eigenvalue weighted by molar-refractivity contribution is -0.384. The lowest BCUT2D eigenvalue weighted by Gasteiger charge is -2.39. The number of H-pyrrole nitrogens is 1. The maximum Gasteiger partial charge on any atom is 0.293 e. The second-order valence-corrected chi connectivity index (χ2v) is 23.5. The Kier molecular flexibility index (Phi) is 13.9. The number of allylic oxidation sites excluding steroid dienone is 1. The molecular formula is C48H59ClN8O7S2. The van der Waals surface area contributed by atoms with E-state index in [1.54, 1.807) is 30.5 Å². The highest BCUT2D eigenvalue weighted by Gasteiger charge is 2.32. The largest absolute Gasteiger partial charge is 0.455 e. The van der Waals surface area contributed by atoms with Crippen LogP contribution in [0.2, 0.25) is 5.02 Å². The summed E-state index contributed by atoms with van der Waals surface area (Å²) < 4.78 is 51.4. The third-order valence-electron chi connectivity index (χ3n) is 13.3. The first-order chi connectivity index (χ1) is 31.5. The number of nitro benzene ring substituents is 1. The van der Waals surface area contributed by atoms with Gasteiger partial charge in [0.1, 0.15) is 22.8 Å². The van der Waals surface area contributed by atoms with Gasteiger partial charge in [-0.05, 0) is 117 Å². The van der Waals surface area contributed by atoms with Crippen LogP contribution in [0.25, 0.3) is 16.6 Å². The second-order valence-electron chi connectivity index (χ2n) is 18.5. The molecule has 0 bridgehead atoms. The number of ether oxygens (including phenoxy) is 1. The van der Waals surface area contributed by atoms with E-state index in [2.05, 4.69) is 60.1 Å². The van der Waals surface area contributed by atoms with Crippen LogP contribution in [-0.4, -0.2) is 95.5 Å². The van der Waals surface area contributed by atoms with Crippen molar-refractivity contribution in [3.05, 3.63) is 117 Å². The zero-order valence-electron chi connectivity index (χ0n) is 37.8. The molecule has 18 heteroatoms. The molecule has 3 aliphatic rings. The Hall–Kier alpha value is -5.33. The number of nitrogens with one attached hydrogen (secondary N) is 3. The van der Waals surface area contributed by atoms with E-state index in [4.69, 9.17) is 16.3 Å². The van der Waals surface area contributed by atoms with Crippen molar-refractivity contribution in [1.82, 2.24) is 19.6 Å². The van der Waals surface area contributed by atoms with Gasteiger partial charge in [0.2, 0.25) is 0 Å². The third-order valence-corrected chi connectivity index (χ3v) is 17.6. The van der Waals surface area contributed by atoms with Gasteiger partial charge in [0.05, 0.1) is 21.6 Å². The average Bonchev–Trinajstić information content (AvgIpc) is 3.76. The van der Waals surface area contributed by atoms with Gasteiger partial charge in [0.15, 0.2) is 0 Å². The number of fused-ring (bicyclic) bond motifs is 1. The summed E-state index contributed by atoms with van der Waals surface area (Å²) >= 11 is 6.25. The molecular weight excluding hydrogens is 900 g/mol. The first kappa shape index (κ1) is 47.2. The molecule has 352 valence electrons. The van der Waals surface area contributed by atoms with Gasteiger partial charge in [-0.25, -0.2) is 18.1 Å². The van der Waals surface area contributed by atoms with E-state index in [9.17, 15) is 27.9 Å². The fraction of sp³-hybridized carbons (Fsp3) is 0.417. The van der Waals surface area contributed by atoms with Crippen molar-refractivity contribution in [1.29, 1.82) is 0 Å². The average molecular weight is 960 g/mol. The van der Waals surface area contributed by atoms with Crippen LogP contribution in [0.4, 0.5) is 17.1 Å². The van der Waals surface area contributed by atoms with Crippen molar-refractivity contribution in [3.8, 4) is 11.5 Å². The number of rotatable bonds is 14. The predicted octanol–water partition coefficient (Wildman–Crippen LogP) is 9.59. The van der Waals surface area contributed by atoms with Crippen LogP contribution in [0.3, 0.4) is 0 Å². The zero-order chi connectivity index (χ0) is 46.8. The number of pyridine rings is 1. The van der Waals surface area contributed by atoms with Crippen LogP contribution in [0.1, 0.15) is 75.7 Å². The molecule has 4 N–H and O–H groups in total. The Morgan fingerprint density at radius 1 is 1.08 bits per heavy atom. The molecule has 8 rings (SSSR count). The summed E-state index contributed by atoms with van der Waals surface area (Å²) in [6.07, 6.45) is 7.90. The Morgan fingerprint density at radius 3 is 2.53 bits per heavy atom. The molecule has 2 aromatic heterocycles. The summed E-state index contributed by atoms with van der Waals surface area (Å²) in [6, 6.07) is 20.2. The van der Waals surface area contributed by atoms with Crippen LogP contribution in [-0.2, 0) is 20.1 Å². The normalized spacial score (nSPS) is 19.8. The van der Waals surface area contributed by atoms with Crippen LogP contribution in [0.5, 0.6) is 11.5 Å². The number of aromatic amines is 1. The maximum absolute atomic E-state index is 14.0. The van der Waals surface area contributed by atoms with Crippen molar-refractivity contribution >= 4 is 71.3 Å². The number of hydrogen-bond donors (Lipinski definition) is 5. The summed E-state index contributed by atoms with van der Waals surface area (Å²) in [5.74, 6) is 0.843. The highest BCUT2D eigenvalue weighted by Crippen LogP contribution is 2.44. The number of piperazine rings is 1. The monoisotopic (exact) mass is 958 g/mol. The number of nitrogens with zero attached hydrogens (tertiary/aromatic N) is 5. The molecule has 1 amide bonds. The van der Waals surface area contributed by atoms with Gasteiger partial charge in [0.25, 0.3) is 21.6 Å². The number of sulfonamides is 1. The molecule has 66 heavy (non-hydrogen) atoms. The summed E-state index contributed by atoms with van der Waals surface area (Å²) in [5, 5.41) is 17.0. The number of amides is 1. The summed E-state index contributed by atoms with van der Waals surface area (Å²) in [6.45, 7) is 13.0. The molecule has 0 spiro atoms. The minimum Gasteiger partial charge on any atom is -0.455 e. The molecule has 15 nitrogen and oxygen atoms in total. The minimum absolute atomic E-state index is 0.0489. The van der Waals surface area contributed by atoms with Crippen molar-refractivity contribution in [3.63, 3.8) is 0 Å². The van der Waals surface area contributed by atoms with Crippen molar-refractivity contribution in [2.75, 3.05) is 61.0 Å². The van der Waals surface area contributed by atoms with Crippen LogP contribution < -0.4 is 19.7 Å². The predicted molar refractivity (Wildman–Crippen MR) is 265 cm³/mol. The molecule has 2 saturated heterocycles. The number of hydrogen-bond acceptors (Lipinski definition) is 11. The number of benzene rings is 3. The van der Waals surface area contributed by atoms with Gasteiger partial charge in [-0.2, -0.15) is 0 Å². The molecule has 0 radical (unpaired) electrons. The summed E-state index contributed by atoms with van der Waals surface area (Å²) in [4.78, 5) is 37.4. The topological polar surface area (TPSA) is 195 Å². The molecule has 3 aromatic carbocycles. The molecule has 1 unspecified atom stereocenters. The molecule has 4 heterocycles. The lowest BCUT2D eigenvalue weighted by atomic mass is 9.72. The summed E-state index contributed by atoms with van der Waals surface area (Å²) in [7, 11) is -6.90. The van der Waals surface area contributed by atoms with Gasteiger partial charge in [-0.3, -0.25) is 24.2 Å². The van der Waals surface area contributed by atoms with Crippen molar-refractivity contribution < 1.29 is 27.4 Å². The fourth-order valence-electron chi connectivity index (χ4n) is 9.44. The van der Waals surface area contributed by atoms with Gasteiger partial charge < -0.3 is 24.5 Å². The van der Waals surface area contributed by atoms with Crippen LogP contribution in [0, 0.1) is 21.4 Å². The fourth-order valence-corrected chi connectivity index (χ4v) is 13.1. The number of carbonyl (C=O) groups excluding carboxylic acids is 1. The SMILES string of the molecule is CCN=[SH]1(O)CCC(C(C)Nc2ccc(S(=O)(=O)NC(=O)c3ccc(N4CCN(CC5=C(c6ccc(Cl)cc6)CC(C)(C)CC5)CC4)cc3Oc3cnc4[nH]ccc4c3)cc2[N+](=O)[O-])CC1. The highest BCUT2D eigenvalue weighted by atomic mass is 35.5. The van der Waals surface area contributed by atoms with Gasteiger partial charge in [-0.1, -0.05) is 43.2 Å². The lowest BCUT2D eigenvalue weighted by Crippen LogP contribution is -2.47. The number of carbonyl (C=O) groups is 1. The van der Waals surface area contributed by atoms with Crippen molar-refractivity contribution in [2.24, 2.45) is 15.7 Å². The van der Waals surface area contributed by atoms with E-state index >= 15 is 0 Å². The molecule has 1 atom stereocenters. The highest BCUT2D eigenvalue weighted by molar-refractivity contribution is 7.99. The maximum atomic E-state index is 14.0. The zero-order valence-corrected chi connectivity index (χ0v) is 40.3. The number of anilines is 2. The molecule has 1 aliphatic carbocycles. The van der Waals surface area contributed by atoms with E-state index in [-0.39, 0.29) is 34.4 Å². The van der Waals surface area contributed by atoms with Crippen molar-refractivity contribution in [2.45, 2.75) is 70.7 Å². The Morgan fingerprint density at radius 2 is 1.82 bits per heavy atom. The molecule has 2 fully saturated rings. The van der Waals surface area contributed by atoms with Gasteiger partial charge in [0, 0.05) is 91.2 Å². The van der Waals surface area contributed by atoms with Crippen LogP contribution in [0.15, 0.2) is 100 Å². The standard InChI is InChI=1S/C48H59ClN8O7S2/c1-5-52-65(61)24-16-33(17-25-65)32(2)53-43-13-11-40(28-44(43)57(59)60)66(62,63)54-47(58)41-12-10-38(27-45(41)64-39-26-35-15-19-50-46(35)51-30-39)56-22-20-55(21-23-56)31-36-14-18-48(3,4)29-42(36)34-6-8-37(49)9-7-34/h6-13,15,19,26-28,30,32-33,53,65H,5,14,16-18,20-25,29,31H2,1-4H3,(H,50,51)(H,52,61)(H,54,58). The van der Waals surface area contributed by atoms with E-state index in [1.165, 1.54) is 35.0 Å². The second kappa shape index (κ2) is 19.5. The third kappa shape index (κ3) is 10.9. The van der Waals surface area contributed by atoms with E-state index in [0.29, 0.717) is 42.5 Å². The number of aromatic nitrogens is 2. The Labute approximate surface area is 392 Å². The quantitative estimate of drug-likeness (QED) is 0.0404. The molecule has 0 saturated carbocycles. The summed E-state index contributed by atoms with van der Waals surface area (Å²) in [5.41, 5.74) is 5.43. The van der Waals surface area contributed by atoms with Gasteiger partial charge in [-0.15, -0.1) is 10.1 Å². The van der Waals surface area contributed by atoms with E-state index in [1.807, 2.05) is 32.0 Å². The molecule has 5 aromatic rings. The first-order valence-corrected chi connectivity index (χ1v) is 26.5. The smallest absolute Gasteiger partial charge is 0.293 e. The number of nitro groups is 1. The first-order valence-electron chi connectivity index (χ1n) is 22.6.